The van der Waals surface area contributed by atoms with Crippen LogP contribution in [0.2, 0.25) is 0 Å². The summed E-state index contributed by atoms with van der Waals surface area (Å²) in [5.41, 5.74) is 3.99. The van der Waals surface area contributed by atoms with E-state index in [0.29, 0.717) is 30.3 Å². The van der Waals surface area contributed by atoms with Crippen LogP contribution >= 0.6 is 11.3 Å². The van der Waals surface area contributed by atoms with E-state index in [-0.39, 0.29) is 21.6 Å². The number of anilines is 1. The number of fused-ring (bicyclic) bond motifs is 1. The van der Waals surface area contributed by atoms with Crippen LogP contribution in [0, 0.1) is 12.3 Å². The molecule has 0 radical (unpaired) electrons. The molecule has 5 rings (SSSR count). The molecule has 1 aromatic carbocycles. The lowest BCUT2D eigenvalue weighted by molar-refractivity contribution is -0.118. The number of aromatic nitrogens is 2. The molecule has 2 fully saturated rings. The van der Waals surface area contributed by atoms with Gasteiger partial charge in [-0.2, -0.15) is 0 Å². The van der Waals surface area contributed by atoms with Gasteiger partial charge in [0.1, 0.15) is 6.61 Å². The van der Waals surface area contributed by atoms with E-state index in [0.717, 1.165) is 67.6 Å². The third-order valence-corrected chi connectivity index (χ3v) is 9.77. The average Bonchev–Trinajstić information content (AvgIpc) is 3.47. The Labute approximate surface area is 196 Å². The van der Waals surface area contributed by atoms with Crippen molar-refractivity contribution in [3.63, 3.8) is 0 Å². The maximum Gasteiger partial charge on any atom is 0.338 e. The van der Waals surface area contributed by atoms with E-state index in [4.69, 9.17) is 4.74 Å². The number of hydrogen-bond acceptors (Lipinski definition) is 9. The summed E-state index contributed by atoms with van der Waals surface area (Å²) in [5.74, 6) is -0.243. The first kappa shape index (κ1) is 22.4. The van der Waals surface area contributed by atoms with Crippen molar-refractivity contribution in [2.45, 2.75) is 43.6 Å². The third kappa shape index (κ3) is 4.17. The van der Waals surface area contributed by atoms with E-state index in [1.54, 1.807) is 4.90 Å². The molecule has 3 aliphatic heterocycles. The molecule has 0 unspecified atom stereocenters. The number of rotatable bonds is 5. The van der Waals surface area contributed by atoms with E-state index in [2.05, 4.69) is 22.0 Å². The summed E-state index contributed by atoms with van der Waals surface area (Å²) >= 11 is 0.959. The summed E-state index contributed by atoms with van der Waals surface area (Å²) in [6, 6.07) is 3.91. The highest BCUT2D eigenvalue weighted by Crippen LogP contribution is 2.43. The van der Waals surface area contributed by atoms with Crippen LogP contribution in [0.4, 0.5) is 5.13 Å². The van der Waals surface area contributed by atoms with E-state index in [9.17, 15) is 18.0 Å². The molecule has 0 aliphatic carbocycles. The molecule has 176 valence electrons. The quantitative estimate of drug-likeness (QED) is 0.462. The van der Waals surface area contributed by atoms with E-state index in [1.165, 1.54) is 5.56 Å². The van der Waals surface area contributed by atoms with Crippen molar-refractivity contribution in [1.82, 2.24) is 15.1 Å². The Kier molecular flexibility index (Phi) is 5.53. The molecule has 2 aromatic rings. The van der Waals surface area contributed by atoms with Gasteiger partial charge in [-0.25, -0.2) is 13.2 Å². The molecule has 1 spiro atoms. The van der Waals surface area contributed by atoms with Crippen LogP contribution < -0.4 is 4.90 Å². The van der Waals surface area contributed by atoms with Gasteiger partial charge in [0.2, 0.25) is 25.2 Å². The van der Waals surface area contributed by atoms with Crippen molar-refractivity contribution in [2.24, 2.45) is 5.41 Å². The first-order valence-corrected chi connectivity index (χ1v) is 13.7. The van der Waals surface area contributed by atoms with Crippen LogP contribution in [0.3, 0.4) is 0 Å². The summed E-state index contributed by atoms with van der Waals surface area (Å²) in [4.78, 5) is 28.5. The molecule has 9 nitrogen and oxygen atoms in total. The van der Waals surface area contributed by atoms with Gasteiger partial charge in [0.05, 0.1) is 5.56 Å². The number of ether oxygens (including phenoxy) is 1. The lowest BCUT2D eigenvalue weighted by atomic mass is 9.77. The topological polar surface area (TPSA) is 110 Å². The maximum absolute atomic E-state index is 12.7. The van der Waals surface area contributed by atoms with Crippen LogP contribution in [0.1, 0.15) is 46.3 Å². The van der Waals surface area contributed by atoms with Gasteiger partial charge < -0.3 is 9.64 Å². The average molecular weight is 491 g/mol. The SMILES string of the molecule is Cc1c(CCN2CCC3(CC2)CC(=O)N(c2nnc(S(C)(=O)=O)s2)C3)ccc2c1COC2=O. The second-order valence-corrected chi connectivity index (χ2v) is 12.5. The summed E-state index contributed by atoms with van der Waals surface area (Å²) in [6.07, 6.45) is 4.30. The van der Waals surface area contributed by atoms with Crippen LogP contribution in [0.15, 0.2) is 16.5 Å². The van der Waals surface area contributed by atoms with Gasteiger partial charge in [-0.15, -0.1) is 10.2 Å². The molecule has 1 amide bonds. The van der Waals surface area contributed by atoms with E-state index >= 15 is 0 Å². The third-order valence-electron chi connectivity index (χ3n) is 7.16. The fraction of sp³-hybridized carbons (Fsp3) is 0.545. The lowest BCUT2D eigenvalue weighted by Gasteiger charge is -2.38. The number of carbonyl (C=O) groups excluding carboxylic acids is 2. The van der Waals surface area contributed by atoms with Crippen LogP contribution in [0.5, 0.6) is 0 Å². The molecular formula is C22H26N4O5S2. The highest BCUT2D eigenvalue weighted by atomic mass is 32.2. The van der Waals surface area contributed by atoms with Crippen molar-refractivity contribution >= 4 is 38.2 Å². The highest BCUT2D eigenvalue weighted by molar-refractivity contribution is 7.92. The van der Waals surface area contributed by atoms with Gasteiger partial charge in [0.15, 0.2) is 0 Å². The number of amides is 1. The van der Waals surface area contributed by atoms with Crippen LogP contribution in [-0.4, -0.2) is 67.8 Å². The number of benzene rings is 1. The van der Waals surface area contributed by atoms with Crippen LogP contribution in [0.25, 0.3) is 0 Å². The summed E-state index contributed by atoms with van der Waals surface area (Å²) in [7, 11) is -3.43. The van der Waals surface area contributed by atoms with Gasteiger partial charge in [0.25, 0.3) is 0 Å². The van der Waals surface area contributed by atoms with Crippen molar-refractivity contribution in [1.29, 1.82) is 0 Å². The fourth-order valence-electron chi connectivity index (χ4n) is 5.06. The number of hydrogen-bond donors (Lipinski definition) is 0. The standard InChI is InChI=1S/C22H26N4O5S2/c1-14-15(3-4-16-17(14)12-31-19(16)28)5-8-25-9-6-22(7-10-25)11-18(27)26(13-22)20-23-24-21(32-20)33(2,29)30/h3-4H,5-13H2,1-2H3. The van der Waals surface area contributed by atoms with Crippen molar-refractivity contribution in [3.05, 3.63) is 34.4 Å². The van der Waals surface area contributed by atoms with Gasteiger partial charge >= 0.3 is 5.97 Å². The number of nitrogens with zero attached hydrogens (tertiary/aromatic N) is 4. The molecular weight excluding hydrogens is 464 g/mol. The van der Waals surface area contributed by atoms with Crippen molar-refractivity contribution < 1.29 is 22.7 Å². The number of piperidine rings is 1. The molecule has 33 heavy (non-hydrogen) atoms. The first-order valence-electron chi connectivity index (χ1n) is 11.0. The Hall–Kier alpha value is -2.37. The Morgan fingerprint density at radius 3 is 2.64 bits per heavy atom. The second kappa shape index (κ2) is 8.14. The number of likely N-dealkylation sites (tertiary alicyclic amines) is 1. The molecule has 0 bridgehead atoms. The number of carbonyl (C=O) groups is 2. The zero-order valence-electron chi connectivity index (χ0n) is 18.7. The molecule has 1 aromatic heterocycles. The minimum absolute atomic E-state index is 0.00909. The zero-order valence-corrected chi connectivity index (χ0v) is 20.3. The molecule has 2 saturated heterocycles. The largest absolute Gasteiger partial charge is 0.457 e. The van der Waals surface area contributed by atoms with Crippen LogP contribution in [-0.2, 0) is 32.4 Å². The lowest BCUT2D eigenvalue weighted by Crippen LogP contribution is -2.42. The Morgan fingerprint density at radius 2 is 1.94 bits per heavy atom. The van der Waals surface area contributed by atoms with E-state index in [1.807, 2.05) is 12.1 Å². The predicted octanol–water partition coefficient (Wildman–Crippen LogP) is 1.98. The number of esters is 1. The van der Waals surface area contributed by atoms with Gasteiger partial charge in [-0.3, -0.25) is 9.69 Å². The number of sulfone groups is 1. The predicted molar refractivity (Wildman–Crippen MR) is 122 cm³/mol. The fourth-order valence-corrected chi connectivity index (χ4v) is 6.68. The Bertz CT molecular complexity index is 1230. The van der Waals surface area contributed by atoms with Gasteiger partial charge in [0, 0.05) is 31.3 Å². The smallest absolute Gasteiger partial charge is 0.338 e. The zero-order chi connectivity index (χ0) is 23.4. The molecule has 0 saturated carbocycles. The highest BCUT2D eigenvalue weighted by Gasteiger charge is 2.46. The molecule has 3 aliphatic rings. The minimum atomic E-state index is -3.43. The monoisotopic (exact) mass is 490 g/mol. The summed E-state index contributed by atoms with van der Waals surface area (Å²) < 4.78 is 28.5. The van der Waals surface area contributed by atoms with E-state index < -0.39 is 9.84 Å². The maximum atomic E-state index is 12.7. The number of cyclic esters (lactones) is 1. The van der Waals surface area contributed by atoms with Gasteiger partial charge in [-0.1, -0.05) is 17.4 Å². The Balaban J connectivity index is 1.19. The molecule has 0 atom stereocenters. The van der Waals surface area contributed by atoms with Gasteiger partial charge in [-0.05, 0) is 61.9 Å². The minimum Gasteiger partial charge on any atom is -0.457 e. The van der Waals surface area contributed by atoms with Crippen molar-refractivity contribution in [2.75, 3.05) is 37.3 Å². The second-order valence-electron chi connectivity index (χ2n) is 9.32. The molecule has 4 heterocycles. The molecule has 11 heteroatoms. The summed E-state index contributed by atoms with van der Waals surface area (Å²) in [5, 5.41) is 8.08. The molecule has 0 N–H and O–H groups in total. The summed E-state index contributed by atoms with van der Waals surface area (Å²) in [6.45, 7) is 5.74. The van der Waals surface area contributed by atoms with Crippen molar-refractivity contribution in [3.8, 4) is 0 Å². The first-order chi connectivity index (χ1) is 15.7. The normalized spacial score (nSPS) is 20.5. The Morgan fingerprint density at radius 1 is 1.18 bits per heavy atom.